The number of rotatable bonds is 5. The van der Waals surface area contributed by atoms with E-state index in [1.54, 1.807) is 65.2 Å². The Morgan fingerprint density at radius 1 is 0.767 bits per heavy atom. The third kappa shape index (κ3) is 3.81. The summed E-state index contributed by atoms with van der Waals surface area (Å²) in [5.74, 6) is -0.825. The molecule has 0 fully saturated rings. The van der Waals surface area contributed by atoms with E-state index in [0.29, 0.717) is 22.5 Å². The smallest absolute Gasteiger partial charge is 0.292 e. The first-order chi connectivity index (χ1) is 14.5. The van der Waals surface area contributed by atoms with Crippen LogP contribution in [0.1, 0.15) is 38.4 Å². The number of amides is 2. The zero-order valence-electron chi connectivity index (χ0n) is 16.1. The maximum atomic E-state index is 12.9. The van der Waals surface area contributed by atoms with Crippen molar-refractivity contribution in [2.75, 3.05) is 10.6 Å². The zero-order chi connectivity index (χ0) is 21.1. The number of imidazole rings is 1. The summed E-state index contributed by atoms with van der Waals surface area (Å²) >= 11 is 0. The van der Waals surface area contributed by atoms with Crippen molar-refractivity contribution in [2.45, 2.75) is 6.92 Å². The largest absolute Gasteiger partial charge is 0.321 e. The molecule has 4 aromatic rings. The molecule has 0 spiro atoms. The van der Waals surface area contributed by atoms with Gasteiger partial charge in [-0.05, 0) is 55.5 Å². The van der Waals surface area contributed by atoms with Gasteiger partial charge in [0.25, 0.3) is 11.8 Å². The number of nitrogens with one attached hydrogen (secondary N) is 2. The number of anilines is 2. The highest BCUT2D eigenvalue weighted by molar-refractivity contribution is 6.10. The van der Waals surface area contributed by atoms with Crippen LogP contribution in [-0.2, 0) is 0 Å². The topological polar surface area (TPSA) is 92.6 Å². The van der Waals surface area contributed by atoms with E-state index in [-0.39, 0.29) is 17.3 Å². The molecule has 2 N–H and O–H groups in total. The maximum absolute atomic E-state index is 12.9. The Balaban J connectivity index is 1.63. The number of benzene rings is 2. The van der Waals surface area contributed by atoms with Gasteiger partial charge in [0.1, 0.15) is 0 Å². The number of pyridine rings is 1. The van der Waals surface area contributed by atoms with E-state index in [2.05, 4.69) is 15.6 Å². The number of carbonyl (C=O) groups is 3. The number of carbonyl (C=O) groups excluding carboxylic acids is 3. The highest BCUT2D eigenvalue weighted by Gasteiger charge is 2.21. The van der Waals surface area contributed by atoms with E-state index >= 15 is 0 Å². The lowest BCUT2D eigenvalue weighted by Crippen LogP contribution is -2.16. The molecule has 0 atom stereocenters. The van der Waals surface area contributed by atoms with E-state index in [1.165, 1.54) is 6.92 Å². The fraction of sp³-hybridized carbons (Fsp3) is 0.0435. The molecule has 0 saturated carbocycles. The van der Waals surface area contributed by atoms with Crippen LogP contribution in [0.25, 0.3) is 5.52 Å². The number of ketones is 1. The van der Waals surface area contributed by atoms with Crippen LogP contribution in [0.2, 0.25) is 0 Å². The van der Waals surface area contributed by atoms with E-state index in [1.807, 2.05) is 18.2 Å². The average molecular weight is 398 g/mol. The molecule has 0 bridgehead atoms. The van der Waals surface area contributed by atoms with Crippen molar-refractivity contribution >= 4 is 34.5 Å². The van der Waals surface area contributed by atoms with Crippen molar-refractivity contribution in [3.8, 4) is 0 Å². The van der Waals surface area contributed by atoms with Gasteiger partial charge in [0.15, 0.2) is 11.5 Å². The molecule has 0 radical (unpaired) electrons. The van der Waals surface area contributed by atoms with E-state index in [4.69, 9.17) is 0 Å². The van der Waals surface area contributed by atoms with Crippen LogP contribution in [0.4, 0.5) is 11.4 Å². The number of fused-ring (bicyclic) bond motifs is 1. The molecule has 7 nitrogen and oxygen atoms in total. The van der Waals surface area contributed by atoms with E-state index in [0.717, 1.165) is 0 Å². The molecule has 2 aromatic carbocycles. The van der Waals surface area contributed by atoms with Crippen LogP contribution in [0.3, 0.4) is 0 Å². The molecule has 7 heteroatoms. The monoisotopic (exact) mass is 398 g/mol. The Morgan fingerprint density at radius 2 is 1.40 bits per heavy atom. The number of para-hydroxylation sites is 1. The molecule has 0 unspecified atom stereocenters. The van der Waals surface area contributed by atoms with E-state index < -0.39 is 11.8 Å². The Hall–Kier alpha value is -4.26. The standard InChI is InChI=1S/C23H18N4O3/c1-15(28)16-10-12-18(13-11-16)24-22(29)20-19-9-5-6-14-27(19)21(26-20)23(30)25-17-7-3-2-4-8-17/h2-14H,1H3,(H,24,29)(H,25,30). The van der Waals surface area contributed by atoms with Gasteiger partial charge in [-0.2, -0.15) is 0 Å². The Kier molecular flexibility index (Phi) is 5.09. The van der Waals surface area contributed by atoms with Crippen molar-refractivity contribution in [1.29, 1.82) is 0 Å². The summed E-state index contributed by atoms with van der Waals surface area (Å²) in [7, 11) is 0. The first-order valence-electron chi connectivity index (χ1n) is 9.29. The first-order valence-corrected chi connectivity index (χ1v) is 9.29. The lowest BCUT2D eigenvalue weighted by Gasteiger charge is -2.04. The molecule has 148 valence electrons. The lowest BCUT2D eigenvalue weighted by molar-refractivity contribution is 0.100. The van der Waals surface area contributed by atoms with Crippen molar-refractivity contribution in [2.24, 2.45) is 0 Å². The van der Waals surface area contributed by atoms with Gasteiger partial charge in [-0.3, -0.25) is 18.8 Å². The Morgan fingerprint density at radius 3 is 2.10 bits per heavy atom. The van der Waals surface area contributed by atoms with Gasteiger partial charge in [0.05, 0.1) is 5.52 Å². The molecule has 2 heterocycles. The molecule has 4 rings (SSSR count). The van der Waals surface area contributed by atoms with Gasteiger partial charge < -0.3 is 10.6 Å². The normalized spacial score (nSPS) is 10.6. The fourth-order valence-corrected chi connectivity index (χ4v) is 3.05. The molecule has 0 aliphatic heterocycles. The SMILES string of the molecule is CC(=O)c1ccc(NC(=O)c2nc(C(=O)Nc3ccccc3)n3ccccc23)cc1. The number of hydrogen-bond donors (Lipinski definition) is 2. The third-order valence-corrected chi connectivity index (χ3v) is 4.55. The molecule has 0 aliphatic carbocycles. The quantitative estimate of drug-likeness (QED) is 0.496. The number of hydrogen-bond acceptors (Lipinski definition) is 4. The molecule has 0 saturated heterocycles. The predicted molar refractivity (Wildman–Crippen MR) is 114 cm³/mol. The molecular formula is C23H18N4O3. The molecular weight excluding hydrogens is 380 g/mol. The molecule has 30 heavy (non-hydrogen) atoms. The summed E-state index contributed by atoms with van der Waals surface area (Å²) in [5.41, 5.74) is 2.35. The summed E-state index contributed by atoms with van der Waals surface area (Å²) in [5, 5.41) is 5.54. The first kappa shape index (κ1) is 19.1. The van der Waals surface area contributed by atoms with Crippen molar-refractivity contribution in [3.63, 3.8) is 0 Å². The summed E-state index contributed by atoms with van der Waals surface area (Å²) < 4.78 is 1.58. The van der Waals surface area contributed by atoms with Crippen molar-refractivity contribution in [3.05, 3.63) is 96.1 Å². The highest BCUT2D eigenvalue weighted by Crippen LogP contribution is 2.18. The number of Topliss-reactive ketones (excluding diaryl/α,β-unsaturated/α-hetero) is 1. The van der Waals surface area contributed by atoms with Crippen molar-refractivity contribution in [1.82, 2.24) is 9.38 Å². The van der Waals surface area contributed by atoms with Gasteiger partial charge in [0.2, 0.25) is 5.82 Å². The van der Waals surface area contributed by atoms with Gasteiger partial charge in [-0.25, -0.2) is 4.98 Å². The maximum Gasteiger partial charge on any atom is 0.292 e. The van der Waals surface area contributed by atoms with Gasteiger partial charge >= 0.3 is 0 Å². The third-order valence-electron chi connectivity index (χ3n) is 4.55. The lowest BCUT2D eigenvalue weighted by atomic mass is 10.1. The van der Waals surface area contributed by atoms with Gasteiger partial charge in [-0.1, -0.05) is 24.3 Å². The van der Waals surface area contributed by atoms with Crippen LogP contribution in [-0.4, -0.2) is 27.0 Å². The van der Waals surface area contributed by atoms with E-state index in [9.17, 15) is 14.4 Å². The van der Waals surface area contributed by atoms with Crippen molar-refractivity contribution < 1.29 is 14.4 Å². The van der Waals surface area contributed by atoms with Gasteiger partial charge in [0, 0.05) is 23.1 Å². The molecule has 0 aliphatic rings. The molecule has 2 aromatic heterocycles. The summed E-state index contributed by atoms with van der Waals surface area (Å²) in [4.78, 5) is 41.3. The van der Waals surface area contributed by atoms with Crippen LogP contribution < -0.4 is 10.6 Å². The predicted octanol–water partition coefficient (Wildman–Crippen LogP) is 4.04. The van der Waals surface area contributed by atoms with Crippen LogP contribution >= 0.6 is 0 Å². The van der Waals surface area contributed by atoms with Crippen LogP contribution in [0.5, 0.6) is 0 Å². The zero-order valence-corrected chi connectivity index (χ0v) is 16.1. The Labute approximate surface area is 172 Å². The molecule has 2 amide bonds. The second-order valence-corrected chi connectivity index (χ2v) is 6.65. The van der Waals surface area contributed by atoms with Crippen LogP contribution in [0.15, 0.2) is 79.0 Å². The summed E-state index contributed by atoms with van der Waals surface area (Å²) in [6, 6.07) is 20.9. The summed E-state index contributed by atoms with van der Waals surface area (Å²) in [6.45, 7) is 1.48. The summed E-state index contributed by atoms with van der Waals surface area (Å²) in [6.07, 6.45) is 1.68. The average Bonchev–Trinajstić information content (AvgIpc) is 3.15. The number of aromatic nitrogens is 2. The van der Waals surface area contributed by atoms with Gasteiger partial charge in [-0.15, -0.1) is 0 Å². The Bertz CT molecular complexity index is 1240. The highest BCUT2D eigenvalue weighted by atomic mass is 16.2. The number of nitrogens with zero attached hydrogens (tertiary/aromatic N) is 2. The minimum atomic E-state index is -0.451. The second kappa shape index (κ2) is 8.00. The van der Waals surface area contributed by atoms with Crippen LogP contribution in [0, 0.1) is 0 Å². The second-order valence-electron chi connectivity index (χ2n) is 6.65. The fourth-order valence-electron chi connectivity index (χ4n) is 3.05. The minimum Gasteiger partial charge on any atom is -0.321 e. The minimum absolute atomic E-state index is 0.0537.